The van der Waals surface area contributed by atoms with Crippen LogP contribution in [0, 0.1) is 0 Å². The molecule has 4 nitrogen and oxygen atoms in total. The van der Waals surface area contributed by atoms with Gasteiger partial charge in [-0.3, -0.25) is 4.79 Å². The van der Waals surface area contributed by atoms with Gasteiger partial charge in [-0.2, -0.15) is 0 Å². The third-order valence-corrected chi connectivity index (χ3v) is 1.54. The molecule has 3 N–H and O–H groups in total. The summed E-state index contributed by atoms with van der Waals surface area (Å²) in [6.07, 6.45) is 0. The number of hydrogen-bond donors (Lipinski definition) is 2. The lowest BCUT2D eigenvalue weighted by Crippen LogP contribution is -2.11. The number of aromatic hydroxyl groups is 1. The van der Waals surface area contributed by atoms with E-state index in [9.17, 15) is 9.90 Å². The van der Waals surface area contributed by atoms with Gasteiger partial charge in [-0.05, 0) is 25.1 Å². The van der Waals surface area contributed by atoms with E-state index in [0.717, 1.165) is 0 Å². The van der Waals surface area contributed by atoms with Gasteiger partial charge in [-0.1, -0.05) is 0 Å². The highest BCUT2D eigenvalue weighted by molar-refractivity contribution is 5.95. The standard InChI is InChI=1S/C9H11NO3/c1-2-13-6-3-4-8(11)7(5-6)9(10)12/h3-5,11H,2H2,1H3,(H2,10,12). The molecule has 0 bridgehead atoms. The SMILES string of the molecule is CCOc1ccc(O)c(C(N)=O)c1. The van der Waals surface area contributed by atoms with E-state index < -0.39 is 5.91 Å². The zero-order valence-electron chi connectivity index (χ0n) is 7.28. The molecular formula is C9H11NO3. The van der Waals surface area contributed by atoms with Crippen molar-refractivity contribution in [2.45, 2.75) is 6.92 Å². The fourth-order valence-corrected chi connectivity index (χ4v) is 0.969. The molecule has 1 rings (SSSR count). The second-order valence-electron chi connectivity index (χ2n) is 2.48. The lowest BCUT2D eigenvalue weighted by atomic mass is 10.2. The second-order valence-corrected chi connectivity index (χ2v) is 2.48. The number of nitrogens with two attached hydrogens (primary N) is 1. The first kappa shape index (κ1) is 9.38. The molecule has 0 fully saturated rings. The van der Waals surface area contributed by atoms with E-state index in [1.54, 1.807) is 6.07 Å². The largest absolute Gasteiger partial charge is 0.507 e. The van der Waals surface area contributed by atoms with Crippen molar-refractivity contribution in [2.24, 2.45) is 5.73 Å². The molecule has 0 aromatic heterocycles. The zero-order chi connectivity index (χ0) is 9.84. The van der Waals surface area contributed by atoms with Gasteiger partial charge in [0.1, 0.15) is 11.5 Å². The summed E-state index contributed by atoms with van der Waals surface area (Å²) in [5, 5.41) is 9.22. The summed E-state index contributed by atoms with van der Waals surface area (Å²) in [6.45, 7) is 2.33. The minimum atomic E-state index is -0.668. The number of amides is 1. The van der Waals surface area contributed by atoms with Gasteiger partial charge in [0, 0.05) is 0 Å². The molecule has 0 heterocycles. The molecule has 0 atom stereocenters. The number of primary amides is 1. The molecule has 0 aliphatic heterocycles. The number of carbonyl (C=O) groups excluding carboxylic acids is 1. The smallest absolute Gasteiger partial charge is 0.252 e. The Labute approximate surface area is 75.9 Å². The normalized spacial score (nSPS) is 9.62. The van der Waals surface area contributed by atoms with Crippen LogP contribution in [0.4, 0.5) is 0 Å². The topological polar surface area (TPSA) is 72.6 Å². The van der Waals surface area contributed by atoms with E-state index in [-0.39, 0.29) is 11.3 Å². The minimum Gasteiger partial charge on any atom is -0.507 e. The molecule has 4 heteroatoms. The average Bonchev–Trinajstić information content (AvgIpc) is 2.08. The minimum absolute atomic E-state index is 0.0750. The van der Waals surface area contributed by atoms with Gasteiger partial charge in [0.05, 0.1) is 12.2 Å². The van der Waals surface area contributed by atoms with Crippen LogP contribution < -0.4 is 10.5 Å². The number of ether oxygens (including phenoxy) is 1. The molecule has 1 aromatic rings. The van der Waals surface area contributed by atoms with Crippen molar-refractivity contribution in [3.05, 3.63) is 23.8 Å². The first-order valence-electron chi connectivity index (χ1n) is 3.90. The molecule has 0 unspecified atom stereocenters. The molecule has 70 valence electrons. The second kappa shape index (κ2) is 3.80. The van der Waals surface area contributed by atoms with Gasteiger partial charge >= 0.3 is 0 Å². The summed E-state index contributed by atoms with van der Waals surface area (Å²) >= 11 is 0. The van der Waals surface area contributed by atoms with E-state index >= 15 is 0 Å². The lowest BCUT2D eigenvalue weighted by molar-refractivity contribution is 0.0997. The summed E-state index contributed by atoms with van der Waals surface area (Å²) in [6, 6.07) is 4.37. The van der Waals surface area contributed by atoms with Gasteiger partial charge < -0.3 is 15.6 Å². The molecule has 0 saturated heterocycles. The molecule has 0 aliphatic carbocycles. The first-order chi connectivity index (χ1) is 6.15. The van der Waals surface area contributed by atoms with Crippen LogP contribution in [0.25, 0.3) is 0 Å². The third kappa shape index (κ3) is 2.11. The molecular weight excluding hydrogens is 170 g/mol. The summed E-state index contributed by atoms with van der Waals surface area (Å²) in [5.41, 5.74) is 5.10. The zero-order valence-corrected chi connectivity index (χ0v) is 7.28. The maximum Gasteiger partial charge on any atom is 0.252 e. The molecule has 0 radical (unpaired) electrons. The van der Waals surface area contributed by atoms with E-state index in [1.807, 2.05) is 6.92 Å². The van der Waals surface area contributed by atoms with E-state index in [0.29, 0.717) is 12.4 Å². The number of benzene rings is 1. The van der Waals surface area contributed by atoms with Crippen LogP contribution in [-0.2, 0) is 0 Å². The van der Waals surface area contributed by atoms with Gasteiger partial charge in [0.2, 0.25) is 0 Å². The highest BCUT2D eigenvalue weighted by atomic mass is 16.5. The van der Waals surface area contributed by atoms with E-state index in [2.05, 4.69) is 0 Å². The Hall–Kier alpha value is -1.71. The van der Waals surface area contributed by atoms with Crippen LogP contribution >= 0.6 is 0 Å². The summed E-state index contributed by atoms with van der Waals surface area (Å²) in [5.74, 6) is -0.274. The van der Waals surface area contributed by atoms with E-state index in [1.165, 1.54) is 12.1 Å². The van der Waals surface area contributed by atoms with Crippen molar-refractivity contribution in [1.82, 2.24) is 0 Å². The summed E-state index contributed by atoms with van der Waals surface area (Å²) in [7, 11) is 0. The Bertz CT molecular complexity index is 323. The van der Waals surface area contributed by atoms with Crippen molar-refractivity contribution in [2.75, 3.05) is 6.61 Å². The van der Waals surface area contributed by atoms with Crippen molar-refractivity contribution in [3.8, 4) is 11.5 Å². The van der Waals surface area contributed by atoms with Crippen molar-refractivity contribution in [1.29, 1.82) is 0 Å². The van der Waals surface area contributed by atoms with Gasteiger partial charge in [-0.25, -0.2) is 0 Å². The highest BCUT2D eigenvalue weighted by Gasteiger charge is 2.08. The Balaban J connectivity index is 3.04. The Morgan fingerprint density at radius 3 is 2.85 bits per heavy atom. The Kier molecular flexibility index (Phi) is 2.74. The number of carbonyl (C=O) groups is 1. The summed E-state index contributed by atoms with van der Waals surface area (Å²) in [4.78, 5) is 10.8. The molecule has 1 amide bonds. The monoisotopic (exact) mass is 181 g/mol. The highest BCUT2D eigenvalue weighted by Crippen LogP contribution is 2.22. The van der Waals surface area contributed by atoms with E-state index in [4.69, 9.17) is 10.5 Å². The molecule has 1 aromatic carbocycles. The van der Waals surface area contributed by atoms with Crippen molar-refractivity contribution >= 4 is 5.91 Å². The summed E-state index contributed by atoms with van der Waals surface area (Å²) < 4.78 is 5.13. The molecule has 0 aliphatic rings. The number of phenols is 1. The molecule has 0 spiro atoms. The fourth-order valence-electron chi connectivity index (χ4n) is 0.969. The van der Waals surface area contributed by atoms with Crippen LogP contribution in [0.1, 0.15) is 17.3 Å². The van der Waals surface area contributed by atoms with Crippen molar-refractivity contribution < 1.29 is 14.6 Å². The molecule has 13 heavy (non-hydrogen) atoms. The van der Waals surface area contributed by atoms with Crippen LogP contribution in [0.5, 0.6) is 11.5 Å². The van der Waals surface area contributed by atoms with Crippen LogP contribution in [0.3, 0.4) is 0 Å². The van der Waals surface area contributed by atoms with Crippen LogP contribution in [-0.4, -0.2) is 17.6 Å². The quantitative estimate of drug-likeness (QED) is 0.727. The number of hydrogen-bond acceptors (Lipinski definition) is 3. The van der Waals surface area contributed by atoms with Crippen molar-refractivity contribution in [3.63, 3.8) is 0 Å². The maximum absolute atomic E-state index is 10.8. The third-order valence-electron chi connectivity index (χ3n) is 1.54. The Morgan fingerprint density at radius 1 is 1.62 bits per heavy atom. The van der Waals surface area contributed by atoms with Crippen LogP contribution in [0.2, 0.25) is 0 Å². The first-order valence-corrected chi connectivity index (χ1v) is 3.90. The Morgan fingerprint density at radius 2 is 2.31 bits per heavy atom. The fraction of sp³-hybridized carbons (Fsp3) is 0.222. The number of rotatable bonds is 3. The van der Waals surface area contributed by atoms with Gasteiger partial charge in [-0.15, -0.1) is 0 Å². The molecule has 0 saturated carbocycles. The predicted octanol–water partition coefficient (Wildman–Crippen LogP) is 0.890. The van der Waals surface area contributed by atoms with Crippen LogP contribution in [0.15, 0.2) is 18.2 Å². The predicted molar refractivity (Wildman–Crippen MR) is 47.8 cm³/mol. The van der Waals surface area contributed by atoms with Gasteiger partial charge in [0.25, 0.3) is 5.91 Å². The average molecular weight is 181 g/mol. The lowest BCUT2D eigenvalue weighted by Gasteiger charge is -2.05. The van der Waals surface area contributed by atoms with Gasteiger partial charge in [0.15, 0.2) is 0 Å². The maximum atomic E-state index is 10.8.